The van der Waals surface area contributed by atoms with Gasteiger partial charge in [-0.25, -0.2) is 0 Å². The van der Waals surface area contributed by atoms with Crippen molar-refractivity contribution in [3.8, 4) is 23.0 Å². The van der Waals surface area contributed by atoms with Crippen molar-refractivity contribution >= 4 is 5.97 Å². The van der Waals surface area contributed by atoms with E-state index in [1.807, 2.05) is 30.3 Å². The first-order chi connectivity index (χ1) is 13.0. The fourth-order valence-corrected chi connectivity index (χ4v) is 2.88. The fourth-order valence-electron chi connectivity index (χ4n) is 2.88. The zero-order valence-electron chi connectivity index (χ0n) is 16.4. The lowest BCUT2D eigenvalue weighted by Crippen LogP contribution is -2.10. The molecule has 1 unspecified atom stereocenters. The van der Waals surface area contributed by atoms with Gasteiger partial charge in [-0.2, -0.15) is 0 Å². The van der Waals surface area contributed by atoms with Crippen LogP contribution in [0.2, 0.25) is 0 Å². The molecule has 0 radical (unpaired) electrons. The lowest BCUT2D eigenvalue weighted by molar-refractivity contribution is -0.147. The summed E-state index contributed by atoms with van der Waals surface area (Å²) in [4.78, 5) is 11.6. The van der Waals surface area contributed by atoms with E-state index in [-0.39, 0.29) is 5.97 Å². The summed E-state index contributed by atoms with van der Waals surface area (Å²) in [5.74, 6) is 2.24. The van der Waals surface area contributed by atoms with E-state index < -0.39 is 6.10 Å². The highest BCUT2D eigenvalue weighted by Gasteiger charge is 2.18. The lowest BCUT2D eigenvalue weighted by Gasteiger charge is -2.19. The Morgan fingerprint density at radius 1 is 0.815 bits per heavy atom. The maximum atomic E-state index is 11.6. The molecular formula is C21H26O6. The zero-order valence-corrected chi connectivity index (χ0v) is 16.4. The molecule has 0 amide bonds. The Kier molecular flexibility index (Phi) is 7.34. The molecule has 27 heavy (non-hydrogen) atoms. The Hall–Kier alpha value is -2.89. The van der Waals surface area contributed by atoms with Crippen molar-refractivity contribution in [1.82, 2.24) is 0 Å². The minimum Gasteiger partial charge on any atom is -0.493 e. The van der Waals surface area contributed by atoms with Crippen LogP contribution >= 0.6 is 0 Å². The molecule has 1 atom stereocenters. The van der Waals surface area contributed by atoms with Crippen LogP contribution in [0.3, 0.4) is 0 Å². The van der Waals surface area contributed by atoms with E-state index in [2.05, 4.69) is 0 Å². The maximum Gasteiger partial charge on any atom is 0.303 e. The van der Waals surface area contributed by atoms with Crippen molar-refractivity contribution in [2.45, 2.75) is 25.9 Å². The normalized spacial score (nSPS) is 11.4. The second-order valence-corrected chi connectivity index (χ2v) is 5.94. The monoisotopic (exact) mass is 374 g/mol. The molecule has 0 spiro atoms. The van der Waals surface area contributed by atoms with E-state index in [9.17, 15) is 4.79 Å². The van der Waals surface area contributed by atoms with E-state index in [1.54, 1.807) is 34.5 Å². The first-order valence-corrected chi connectivity index (χ1v) is 8.62. The molecule has 0 aliphatic carbocycles. The first-order valence-electron chi connectivity index (χ1n) is 8.62. The molecule has 2 aromatic carbocycles. The maximum absolute atomic E-state index is 11.6. The number of ether oxygens (including phenoxy) is 5. The summed E-state index contributed by atoms with van der Waals surface area (Å²) in [6.07, 6.45) is 0.924. The van der Waals surface area contributed by atoms with Gasteiger partial charge in [0.1, 0.15) is 6.10 Å². The van der Waals surface area contributed by atoms with Gasteiger partial charge < -0.3 is 23.7 Å². The quantitative estimate of drug-likeness (QED) is 0.619. The summed E-state index contributed by atoms with van der Waals surface area (Å²) in [6, 6.07) is 11.3. The van der Waals surface area contributed by atoms with Crippen molar-refractivity contribution < 1.29 is 28.5 Å². The van der Waals surface area contributed by atoms with Crippen molar-refractivity contribution in [3.05, 3.63) is 47.5 Å². The third kappa shape index (κ3) is 5.29. The third-order valence-electron chi connectivity index (χ3n) is 4.23. The van der Waals surface area contributed by atoms with Crippen molar-refractivity contribution in [2.24, 2.45) is 0 Å². The summed E-state index contributed by atoms with van der Waals surface area (Å²) < 4.78 is 26.8. The largest absolute Gasteiger partial charge is 0.493 e. The highest BCUT2D eigenvalue weighted by molar-refractivity contribution is 5.66. The van der Waals surface area contributed by atoms with Crippen LogP contribution in [0.15, 0.2) is 36.4 Å². The average molecular weight is 374 g/mol. The van der Waals surface area contributed by atoms with Gasteiger partial charge in [0.05, 0.1) is 28.4 Å². The van der Waals surface area contributed by atoms with Gasteiger partial charge >= 0.3 is 5.97 Å². The molecule has 2 rings (SSSR count). The molecule has 0 bridgehead atoms. The Morgan fingerprint density at radius 2 is 1.37 bits per heavy atom. The third-order valence-corrected chi connectivity index (χ3v) is 4.23. The summed E-state index contributed by atoms with van der Waals surface area (Å²) in [5.41, 5.74) is 1.91. The Labute approximate surface area is 160 Å². The van der Waals surface area contributed by atoms with E-state index in [0.29, 0.717) is 35.8 Å². The predicted molar refractivity (Wildman–Crippen MR) is 102 cm³/mol. The molecule has 0 saturated carbocycles. The van der Waals surface area contributed by atoms with E-state index in [4.69, 9.17) is 23.7 Å². The second kappa shape index (κ2) is 9.71. The van der Waals surface area contributed by atoms with Crippen LogP contribution in [-0.4, -0.2) is 34.4 Å². The molecule has 0 N–H and O–H groups in total. The molecule has 6 heteroatoms. The van der Waals surface area contributed by atoms with Crippen LogP contribution in [0.4, 0.5) is 0 Å². The number of benzene rings is 2. The molecule has 0 aromatic heterocycles. The number of carbonyl (C=O) groups excluding carboxylic acids is 1. The molecule has 0 saturated heterocycles. The van der Waals surface area contributed by atoms with Crippen LogP contribution < -0.4 is 18.9 Å². The molecule has 2 aromatic rings. The number of hydrogen-bond acceptors (Lipinski definition) is 6. The summed E-state index contributed by atoms with van der Waals surface area (Å²) in [7, 11) is 6.36. The van der Waals surface area contributed by atoms with Crippen LogP contribution in [0.25, 0.3) is 0 Å². The van der Waals surface area contributed by atoms with Gasteiger partial charge in [-0.1, -0.05) is 12.1 Å². The molecule has 0 aliphatic heterocycles. The van der Waals surface area contributed by atoms with E-state index >= 15 is 0 Å². The molecule has 0 aliphatic rings. The van der Waals surface area contributed by atoms with Crippen LogP contribution in [-0.2, 0) is 16.0 Å². The predicted octanol–water partition coefficient (Wildman–Crippen LogP) is 3.96. The van der Waals surface area contributed by atoms with Crippen molar-refractivity contribution in [1.29, 1.82) is 0 Å². The SMILES string of the molecule is COc1ccc(CCC(OC(C)=O)c2ccc(OC)c(OC)c2)cc1OC. The van der Waals surface area contributed by atoms with Crippen molar-refractivity contribution in [2.75, 3.05) is 28.4 Å². The lowest BCUT2D eigenvalue weighted by atomic mass is 10.0. The minimum atomic E-state index is -0.393. The number of carbonyl (C=O) groups is 1. The second-order valence-electron chi connectivity index (χ2n) is 5.94. The van der Waals surface area contributed by atoms with Gasteiger partial charge in [0, 0.05) is 6.92 Å². The fraction of sp³-hybridized carbons (Fsp3) is 0.381. The van der Waals surface area contributed by atoms with Gasteiger partial charge in [0.25, 0.3) is 0 Å². The van der Waals surface area contributed by atoms with Crippen LogP contribution in [0, 0.1) is 0 Å². The Morgan fingerprint density at radius 3 is 1.93 bits per heavy atom. The van der Waals surface area contributed by atoms with E-state index in [0.717, 1.165) is 11.1 Å². The van der Waals surface area contributed by atoms with Gasteiger partial charge in [0.2, 0.25) is 0 Å². The minimum absolute atomic E-state index is 0.331. The Balaban J connectivity index is 2.21. The number of methoxy groups -OCH3 is 4. The summed E-state index contributed by atoms with van der Waals surface area (Å²) in [5, 5.41) is 0. The Bertz CT molecular complexity index is 771. The van der Waals surface area contributed by atoms with Crippen LogP contribution in [0.5, 0.6) is 23.0 Å². The molecular weight excluding hydrogens is 348 g/mol. The smallest absolute Gasteiger partial charge is 0.303 e. The zero-order chi connectivity index (χ0) is 19.8. The first kappa shape index (κ1) is 20.4. The van der Waals surface area contributed by atoms with E-state index in [1.165, 1.54) is 6.92 Å². The molecule has 0 heterocycles. The number of hydrogen-bond donors (Lipinski definition) is 0. The van der Waals surface area contributed by atoms with Gasteiger partial charge in [0.15, 0.2) is 23.0 Å². The van der Waals surface area contributed by atoms with Gasteiger partial charge in [-0.15, -0.1) is 0 Å². The highest BCUT2D eigenvalue weighted by atomic mass is 16.5. The summed E-state index contributed by atoms with van der Waals surface area (Å²) >= 11 is 0. The van der Waals surface area contributed by atoms with Crippen LogP contribution in [0.1, 0.15) is 30.6 Å². The average Bonchev–Trinajstić information content (AvgIpc) is 2.69. The van der Waals surface area contributed by atoms with Gasteiger partial charge in [-0.3, -0.25) is 4.79 Å². The van der Waals surface area contributed by atoms with Gasteiger partial charge in [-0.05, 0) is 48.2 Å². The summed E-state index contributed by atoms with van der Waals surface area (Å²) in [6.45, 7) is 1.41. The molecule has 0 fully saturated rings. The number of rotatable bonds is 9. The molecule has 146 valence electrons. The number of esters is 1. The highest BCUT2D eigenvalue weighted by Crippen LogP contribution is 2.34. The topological polar surface area (TPSA) is 63.2 Å². The molecule has 6 nitrogen and oxygen atoms in total. The standard InChI is InChI=1S/C21H26O6/c1-14(22)27-17(16-8-11-19(24-3)21(13-16)26-5)9-6-15-7-10-18(23-2)20(12-15)25-4/h7-8,10-13,17H,6,9H2,1-5H3. The van der Waals surface area contributed by atoms with Crippen molar-refractivity contribution in [3.63, 3.8) is 0 Å². The number of aryl methyl sites for hydroxylation is 1.